The SMILES string of the molecule is CC(C(N)C(N)=O)N1CCCC1(C)C. The van der Waals surface area contributed by atoms with E-state index in [0.29, 0.717) is 0 Å². The van der Waals surface area contributed by atoms with Crippen LogP contribution < -0.4 is 11.5 Å². The fraction of sp³-hybridized carbons (Fsp3) is 0.900. The van der Waals surface area contributed by atoms with Crippen LogP contribution in [0.4, 0.5) is 0 Å². The largest absolute Gasteiger partial charge is 0.368 e. The molecule has 1 aliphatic rings. The lowest BCUT2D eigenvalue weighted by Crippen LogP contribution is -2.56. The van der Waals surface area contributed by atoms with Crippen molar-refractivity contribution in [3.63, 3.8) is 0 Å². The van der Waals surface area contributed by atoms with Gasteiger partial charge in [0.2, 0.25) is 5.91 Å². The number of nitrogens with zero attached hydrogens (tertiary/aromatic N) is 1. The average molecular weight is 199 g/mol. The second-order valence-electron chi connectivity index (χ2n) is 4.78. The number of hydrogen-bond acceptors (Lipinski definition) is 3. The smallest absolute Gasteiger partial charge is 0.235 e. The van der Waals surface area contributed by atoms with E-state index in [4.69, 9.17) is 11.5 Å². The minimum atomic E-state index is -0.563. The minimum Gasteiger partial charge on any atom is -0.368 e. The van der Waals surface area contributed by atoms with Crippen molar-refractivity contribution in [2.75, 3.05) is 6.54 Å². The van der Waals surface area contributed by atoms with E-state index in [2.05, 4.69) is 18.7 Å². The highest BCUT2D eigenvalue weighted by Gasteiger charge is 2.38. The summed E-state index contributed by atoms with van der Waals surface area (Å²) in [6, 6.07) is -0.530. The maximum Gasteiger partial charge on any atom is 0.235 e. The van der Waals surface area contributed by atoms with Crippen molar-refractivity contribution in [3.05, 3.63) is 0 Å². The Balaban J connectivity index is 2.69. The van der Waals surface area contributed by atoms with E-state index in [1.165, 1.54) is 6.42 Å². The molecule has 0 bridgehead atoms. The van der Waals surface area contributed by atoms with Crippen LogP contribution in [-0.4, -0.2) is 35.0 Å². The lowest BCUT2D eigenvalue weighted by molar-refractivity contribution is -0.120. The molecule has 1 heterocycles. The molecule has 1 amide bonds. The van der Waals surface area contributed by atoms with Gasteiger partial charge in [0, 0.05) is 11.6 Å². The molecule has 0 aromatic heterocycles. The van der Waals surface area contributed by atoms with Crippen molar-refractivity contribution in [3.8, 4) is 0 Å². The van der Waals surface area contributed by atoms with Crippen LogP contribution in [0.2, 0.25) is 0 Å². The minimum absolute atomic E-state index is 0.0324. The molecule has 0 aromatic rings. The molecule has 82 valence electrons. The molecule has 1 saturated heterocycles. The Morgan fingerprint density at radius 3 is 2.43 bits per heavy atom. The van der Waals surface area contributed by atoms with E-state index in [1.807, 2.05) is 6.92 Å². The summed E-state index contributed by atoms with van der Waals surface area (Å²) < 4.78 is 0. The molecule has 1 fully saturated rings. The average Bonchev–Trinajstić information content (AvgIpc) is 2.42. The maximum absolute atomic E-state index is 11.0. The quantitative estimate of drug-likeness (QED) is 0.675. The maximum atomic E-state index is 11.0. The molecule has 1 aliphatic heterocycles. The van der Waals surface area contributed by atoms with E-state index in [1.54, 1.807) is 0 Å². The van der Waals surface area contributed by atoms with Gasteiger partial charge in [0.1, 0.15) is 0 Å². The molecule has 1 rings (SSSR count). The Morgan fingerprint density at radius 2 is 2.07 bits per heavy atom. The van der Waals surface area contributed by atoms with Gasteiger partial charge in [-0.1, -0.05) is 0 Å². The second kappa shape index (κ2) is 3.87. The number of rotatable bonds is 3. The summed E-state index contributed by atoms with van der Waals surface area (Å²) in [7, 11) is 0. The number of nitrogens with two attached hydrogens (primary N) is 2. The van der Waals surface area contributed by atoms with Crippen LogP contribution >= 0.6 is 0 Å². The van der Waals surface area contributed by atoms with Crippen molar-refractivity contribution in [1.29, 1.82) is 0 Å². The third kappa shape index (κ3) is 2.07. The van der Waals surface area contributed by atoms with Gasteiger partial charge in [-0.25, -0.2) is 0 Å². The normalized spacial score (nSPS) is 26.0. The van der Waals surface area contributed by atoms with E-state index < -0.39 is 11.9 Å². The Kier molecular flexibility index (Phi) is 3.17. The topological polar surface area (TPSA) is 72.3 Å². The molecule has 2 unspecified atom stereocenters. The predicted octanol–water partition coefficient (Wildman–Crippen LogP) is 0.0619. The van der Waals surface area contributed by atoms with E-state index in [0.717, 1.165) is 13.0 Å². The number of primary amides is 1. The van der Waals surface area contributed by atoms with E-state index >= 15 is 0 Å². The summed E-state index contributed by atoms with van der Waals surface area (Å²) in [5.41, 5.74) is 11.1. The van der Waals surface area contributed by atoms with Gasteiger partial charge in [0.25, 0.3) is 0 Å². The number of likely N-dealkylation sites (tertiary alicyclic amines) is 1. The van der Waals surface area contributed by atoms with Crippen molar-refractivity contribution in [1.82, 2.24) is 4.90 Å². The zero-order chi connectivity index (χ0) is 10.9. The van der Waals surface area contributed by atoms with Gasteiger partial charge in [-0.05, 0) is 40.2 Å². The lowest BCUT2D eigenvalue weighted by atomic mass is 9.98. The fourth-order valence-corrected chi connectivity index (χ4v) is 2.31. The Hall–Kier alpha value is -0.610. The number of amides is 1. The van der Waals surface area contributed by atoms with Gasteiger partial charge in [-0.3, -0.25) is 9.69 Å². The zero-order valence-electron chi connectivity index (χ0n) is 9.29. The molecule has 0 aliphatic carbocycles. The highest BCUT2D eigenvalue weighted by Crippen LogP contribution is 2.30. The standard InChI is InChI=1S/C10H21N3O/c1-7(8(11)9(12)14)13-6-4-5-10(13,2)3/h7-8H,4-6,11H2,1-3H3,(H2,12,14). The third-order valence-corrected chi connectivity index (χ3v) is 3.30. The molecule has 4 nitrogen and oxygen atoms in total. The van der Waals surface area contributed by atoms with E-state index in [-0.39, 0.29) is 11.6 Å². The predicted molar refractivity (Wildman–Crippen MR) is 56.7 cm³/mol. The van der Waals surface area contributed by atoms with Crippen molar-refractivity contribution >= 4 is 5.91 Å². The van der Waals surface area contributed by atoms with Crippen LogP contribution in [-0.2, 0) is 4.79 Å². The number of hydrogen-bond donors (Lipinski definition) is 2. The third-order valence-electron chi connectivity index (χ3n) is 3.30. The first-order valence-electron chi connectivity index (χ1n) is 5.18. The van der Waals surface area contributed by atoms with Crippen molar-refractivity contribution in [2.45, 2.75) is 51.2 Å². The molecule has 4 N–H and O–H groups in total. The second-order valence-corrected chi connectivity index (χ2v) is 4.78. The summed E-state index contributed by atoms with van der Waals surface area (Å²) >= 11 is 0. The number of carbonyl (C=O) groups excluding carboxylic acids is 1. The molecule has 0 aromatic carbocycles. The summed E-state index contributed by atoms with van der Waals surface area (Å²) in [5.74, 6) is -0.416. The summed E-state index contributed by atoms with van der Waals surface area (Å²) in [6.07, 6.45) is 2.33. The summed E-state index contributed by atoms with van der Waals surface area (Å²) in [6.45, 7) is 7.35. The van der Waals surface area contributed by atoms with Crippen LogP contribution in [0, 0.1) is 0 Å². The van der Waals surface area contributed by atoms with E-state index in [9.17, 15) is 4.79 Å². The van der Waals surface area contributed by atoms with Crippen LogP contribution in [0.3, 0.4) is 0 Å². The first-order chi connectivity index (χ1) is 6.36. The molecular formula is C10H21N3O. The molecule has 0 saturated carbocycles. The molecule has 0 radical (unpaired) electrons. The van der Waals surface area contributed by atoms with Gasteiger partial charge in [-0.2, -0.15) is 0 Å². The zero-order valence-corrected chi connectivity index (χ0v) is 9.29. The first-order valence-corrected chi connectivity index (χ1v) is 5.18. The fourth-order valence-electron chi connectivity index (χ4n) is 2.31. The van der Waals surface area contributed by atoms with Crippen LogP contribution in [0.25, 0.3) is 0 Å². The molecule has 2 atom stereocenters. The van der Waals surface area contributed by atoms with Crippen molar-refractivity contribution < 1.29 is 4.79 Å². The highest BCUT2D eigenvalue weighted by atomic mass is 16.1. The Bertz CT molecular complexity index is 227. The van der Waals surface area contributed by atoms with Gasteiger partial charge in [0.15, 0.2) is 0 Å². The van der Waals surface area contributed by atoms with Crippen LogP contribution in [0.15, 0.2) is 0 Å². The summed E-state index contributed by atoms with van der Waals surface area (Å²) in [5, 5.41) is 0. The lowest BCUT2D eigenvalue weighted by Gasteiger charge is -2.38. The van der Waals surface area contributed by atoms with Gasteiger partial charge < -0.3 is 11.5 Å². The van der Waals surface area contributed by atoms with Crippen molar-refractivity contribution in [2.24, 2.45) is 11.5 Å². The van der Waals surface area contributed by atoms with Crippen LogP contribution in [0.1, 0.15) is 33.6 Å². The first kappa shape index (κ1) is 11.5. The monoisotopic (exact) mass is 199 g/mol. The number of carbonyl (C=O) groups is 1. The molecule has 14 heavy (non-hydrogen) atoms. The van der Waals surface area contributed by atoms with Crippen LogP contribution in [0.5, 0.6) is 0 Å². The molecule has 0 spiro atoms. The van der Waals surface area contributed by atoms with Gasteiger partial charge in [0.05, 0.1) is 6.04 Å². The molecule has 4 heteroatoms. The highest BCUT2D eigenvalue weighted by molar-refractivity contribution is 5.80. The van der Waals surface area contributed by atoms with Gasteiger partial charge >= 0.3 is 0 Å². The Labute approximate surface area is 85.6 Å². The summed E-state index contributed by atoms with van der Waals surface area (Å²) in [4.78, 5) is 13.3. The Morgan fingerprint density at radius 1 is 1.50 bits per heavy atom. The molecular weight excluding hydrogens is 178 g/mol. The van der Waals surface area contributed by atoms with Gasteiger partial charge in [-0.15, -0.1) is 0 Å².